The van der Waals surface area contributed by atoms with Gasteiger partial charge in [0.15, 0.2) is 0 Å². The topological polar surface area (TPSA) is 37.4 Å². The summed E-state index contributed by atoms with van der Waals surface area (Å²) in [7, 11) is -1.49. The molecule has 1 aromatic heterocycles. The minimum Gasteiger partial charge on any atom is -0.213 e. The minimum atomic E-state index is -3.07. The molecule has 1 aromatic rings. The molecule has 13 heavy (non-hydrogen) atoms. The van der Waals surface area contributed by atoms with Gasteiger partial charge in [0.2, 0.25) is 10.0 Å². The highest BCUT2D eigenvalue weighted by atomic mass is 79.9. The standard InChI is InChI=1S/C7H10BrNO2S2/c1-9(13(2,10)11)5-6-3-4-7(8)12-6/h3-4H,5H2,1-2H3. The van der Waals surface area contributed by atoms with Crippen LogP contribution in [0.3, 0.4) is 0 Å². The van der Waals surface area contributed by atoms with Crippen molar-refractivity contribution in [1.82, 2.24) is 4.31 Å². The first-order valence-corrected chi connectivity index (χ1v) is 7.01. The molecule has 0 aliphatic carbocycles. The molecule has 0 saturated carbocycles. The summed E-state index contributed by atoms with van der Waals surface area (Å²) >= 11 is 4.87. The van der Waals surface area contributed by atoms with E-state index < -0.39 is 10.0 Å². The van der Waals surface area contributed by atoms with Gasteiger partial charge in [0.25, 0.3) is 0 Å². The summed E-state index contributed by atoms with van der Waals surface area (Å²) in [6.07, 6.45) is 1.20. The van der Waals surface area contributed by atoms with Gasteiger partial charge in [-0.15, -0.1) is 11.3 Å². The summed E-state index contributed by atoms with van der Waals surface area (Å²) < 4.78 is 24.5. The number of hydrogen-bond donors (Lipinski definition) is 0. The van der Waals surface area contributed by atoms with Crippen LogP contribution in [0.5, 0.6) is 0 Å². The van der Waals surface area contributed by atoms with Crippen LogP contribution in [0.2, 0.25) is 0 Å². The van der Waals surface area contributed by atoms with Crippen LogP contribution >= 0.6 is 27.3 Å². The van der Waals surface area contributed by atoms with E-state index in [1.165, 1.54) is 10.6 Å². The SMILES string of the molecule is CN(Cc1ccc(Br)s1)S(C)(=O)=O. The van der Waals surface area contributed by atoms with Gasteiger partial charge >= 0.3 is 0 Å². The molecule has 74 valence electrons. The Morgan fingerprint density at radius 2 is 2.15 bits per heavy atom. The van der Waals surface area contributed by atoms with E-state index in [0.29, 0.717) is 6.54 Å². The fourth-order valence-electron chi connectivity index (χ4n) is 0.773. The van der Waals surface area contributed by atoms with Gasteiger partial charge in [0, 0.05) is 18.5 Å². The second-order valence-corrected chi connectivity index (χ2v) is 7.36. The monoisotopic (exact) mass is 283 g/mol. The van der Waals surface area contributed by atoms with Gasteiger partial charge in [-0.2, -0.15) is 0 Å². The molecule has 6 heteroatoms. The number of sulfonamides is 1. The summed E-state index contributed by atoms with van der Waals surface area (Å²) in [6, 6.07) is 3.83. The third kappa shape index (κ3) is 3.38. The van der Waals surface area contributed by atoms with Crippen LogP contribution in [0, 0.1) is 0 Å². The normalized spacial score (nSPS) is 12.3. The van der Waals surface area contributed by atoms with Gasteiger partial charge in [-0.05, 0) is 28.1 Å². The fourth-order valence-corrected chi connectivity index (χ4v) is 2.77. The highest BCUT2D eigenvalue weighted by molar-refractivity contribution is 9.11. The lowest BCUT2D eigenvalue weighted by molar-refractivity contribution is 0.475. The van der Waals surface area contributed by atoms with E-state index in [4.69, 9.17) is 0 Å². The van der Waals surface area contributed by atoms with Crippen LogP contribution < -0.4 is 0 Å². The van der Waals surface area contributed by atoms with Crippen LogP contribution in [-0.4, -0.2) is 26.0 Å². The maximum atomic E-state index is 11.1. The molecule has 0 atom stereocenters. The van der Waals surface area contributed by atoms with Crippen molar-refractivity contribution in [2.75, 3.05) is 13.3 Å². The Bertz CT molecular complexity index is 385. The molecular weight excluding hydrogens is 274 g/mol. The van der Waals surface area contributed by atoms with Crippen molar-refractivity contribution in [3.05, 3.63) is 20.8 Å². The fraction of sp³-hybridized carbons (Fsp3) is 0.429. The van der Waals surface area contributed by atoms with Gasteiger partial charge in [-0.25, -0.2) is 12.7 Å². The van der Waals surface area contributed by atoms with E-state index in [0.717, 1.165) is 8.66 Å². The smallest absolute Gasteiger partial charge is 0.211 e. The Balaban J connectivity index is 2.71. The van der Waals surface area contributed by atoms with E-state index >= 15 is 0 Å². The molecule has 1 heterocycles. The van der Waals surface area contributed by atoms with Crippen molar-refractivity contribution in [1.29, 1.82) is 0 Å². The molecule has 1 rings (SSSR count). The molecule has 0 aliphatic rings. The highest BCUT2D eigenvalue weighted by Crippen LogP contribution is 2.23. The molecule has 3 nitrogen and oxygen atoms in total. The first-order valence-electron chi connectivity index (χ1n) is 3.55. The zero-order chi connectivity index (χ0) is 10.1. The lowest BCUT2D eigenvalue weighted by Gasteiger charge is -2.11. The van der Waals surface area contributed by atoms with Crippen molar-refractivity contribution in [2.45, 2.75) is 6.54 Å². The number of rotatable bonds is 3. The van der Waals surface area contributed by atoms with E-state index in [2.05, 4.69) is 15.9 Å². The third-order valence-corrected chi connectivity index (χ3v) is 4.44. The average Bonchev–Trinajstić information content (AvgIpc) is 2.33. The van der Waals surface area contributed by atoms with Crippen LogP contribution in [0.1, 0.15) is 4.88 Å². The largest absolute Gasteiger partial charge is 0.213 e. The first-order chi connectivity index (χ1) is 5.89. The molecule has 0 spiro atoms. The van der Waals surface area contributed by atoms with Crippen LogP contribution in [-0.2, 0) is 16.6 Å². The average molecular weight is 284 g/mol. The summed E-state index contributed by atoms with van der Waals surface area (Å²) in [5.74, 6) is 0. The summed E-state index contributed by atoms with van der Waals surface area (Å²) in [5.41, 5.74) is 0. The van der Waals surface area contributed by atoms with Gasteiger partial charge in [-0.3, -0.25) is 0 Å². The third-order valence-electron chi connectivity index (χ3n) is 1.57. The molecule has 0 radical (unpaired) electrons. The second kappa shape index (κ2) is 4.08. The van der Waals surface area contributed by atoms with Gasteiger partial charge < -0.3 is 0 Å². The number of thiophene rings is 1. The summed E-state index contributed by atoms with van der Waals surface area (Å²) in [6.45, 7) is 0.440. The lowest BCUT2D eigenvalue weighted by atomic mass is 10.5. The van der Waals surface area contributed by atoms with Crippen molar-refractivity contribution in [3.63, 3.8) is 0 Å². The molecule has 0 N–H and O–H groups in total. The summed E-state index contributed by atoms with van der Waals surface area (Å²) in [5, 5.41) is 0. The number of halogens is 1. The van der Waals surface area contributed by atoms with E-state index in [9.17, 15) is 8.42 Å². The van der Waals surface area contributed by atoms with Gasteiger partial charge in [-0.1, -0.05) is 0 Å². The van der Waals surface area contributed by atoms with Crippen LogP contribution in [0.25, 0.3) is 0 Å². The Morgan fingerprint density at radius 1 is 1.54 bits per heavy atom. The maximum Gasteiger partial charge on any atom is 0.211 e. The molecule has 0 amide bonds. The highest BCUT2D eigenvalue weighted by Gasteiger charge is 2.11. The van der Waals surface area contributed by atoms with E-state index in [-0.39, 0.29) is 0 Å². The molecular formula is C7H10BrNO2S2. The van der Waals surface area contributed by atoms with Crippen molar-refractivity contribution in [3.8, 4) is 0 Å². The zero-order valence-electron chi connectivity index (χ0n) is 7.32. The predicted molar refractivity (Wildman–Crippen MR) is 58.3 cm³/mol. The molecule has 0 fully saturated rings. The molecule has 0 aliphatic heterocycles. The Kier molecular flexibility index (Phi) is 3.50. The van der Waals surface area contributed by atoms with Crippen molar-refractivity contribution in [2.24, 2.45) is 0 Å². The van der Waals surface area contributed by atoms with E-state index in [1.807, 2.05) is 12.1 Å². The zero-order valence-corrected chi connectivity index (χ0v) is 10.5. The van der Waals surface area contributed by atoms with Gasteiger partial charge in [0.1, 0.15) is 0 Å². The maximum absolute atomic E-state index is 11.1. The molecule has 0 saturated heterocycles. The number of nitrogens with zero attached hydrogens (tertiary/aromatic N) is 1. The van der Waals surface area contributed by atoms with Crippen LogP contribution in [0.4, 0.5) is 0 Å². The lowest BCUT2D eigenvalue weighted by Crippen LogP contribution is -2.24. The number of hydrogen-bond acceptors (Lipinski definition) is 3. The van der Waals surface area contributed by atoms with Gasteiger partial charge in [0.05, 0.1) is 10.0 Å². The molecule has 0 aromatic carbocycles. The van der Waals surface area contributed by atoms with E-state index in [1.54, 1.807) is 18.4 Å². The Labute approximate surface area is 90.6 Å². The molecule has 0 unspecified atom stereocenters. The minimum absolute atomic E-state index is 0.440. The first kappa shape index (κ1) is 11.2. The Morgan fingerprint density at radius 3 is 2.54 bits per heavy atom. The summed E-state index contributed by atoms with van der Waals surface area (Å²) in [4.78, 5) is 1.03. The van der Waals surface area contributed by atoms with Crippen molar-refractivity contribution < 1.29 is 8.42 Å². The Hall–Kier alpha value is 0.0900. The second-order valence-electron chi connectivity index (χ2n) is 2.72. The predicted octanol–water partition coefficient (Wildman–Crippen LogP) is 1.90. The quantitative estimate of drug-likeness (QED) is 0.850. The van der Waals surface area contributed by atoms with Crippen molar-refractivity contribution >= 4 is 37.3 Å². The molecule has 0 bridgehead atoms. The van der Waals surface area contributed by atoms with Crippen LogP contribution in [0.15, 0.2) is 15.9 Å².